The summed E-state index contributed by atoms with van der Waals surface area (Å²) in [6.45, 7) is 9.03. The summed E-state index contributed by atoms with van der Waals surface area (Å²) in [6.07, 6.45) is 0. The van der Waals surface area contributed by atoms with E-state index in [1.807, 2.05) is 20.8 Å². The van der Waals surface area contributed by atoms with Crippen molar-refractivity contribution in [3.05, 3.63) is 0 Å². The van der Waals surface area contributed by atoms with Crippen LogP contribution in [-0.4, -0.2) is 52.6 Å². The van der Waals surface area contributed by atoms with Crippen LogP contribution in [0.25, 0.3) is 0 Å². The van der Waals surface area contributed by atoms with Gasteiger partial charge in [-0.2, -0.15) is 0 Å². The summed E-state index contributed by atoms with van der Waals surface area (Å²) >= 11 is 0. The van der Waals surface area contributed by atoms with Gasteiger partial charge in [0.1, 0.15) is 5.54 Å². The summed E-state index contributed by atoms with van der Waals surface area (Å²) in [7, 11) is 3.21. The molecule has 5 heteroatoms. The molecule has 0 fully saturated rings. The number of carboxylic acids is 1. The lowest BCUT2D eigenvalue weighted by Crippen LogP contribution is -2.56. The van der Waals surface area contributed by atoms with Crippen LogP contribution in [-0.2, 0) is 4.79 Å². The van der Waals surface area contributed by atoms with Crippen LogP contribution < -0.4 is 0 Å². The first-order chi connectivity index (χ1) is 7.53. The number of carboxylic acid groups (broad SMARTS) is 1. The zero-order valence-electron chi connectivity index (χ0n) is 11.8. The molecule has 0 aliphatic carbocycles. The predicted molar refractivity (Wildman–Crippen MR) is 66.9 cm³/mol. The number of carbonyl (C=O) groups is 2. The van der Waals surface area contributed by atoms with Crippen molar-refractivity contribution in [2.45, 2.75) is 46.2 Å². The van der Waals surface area contributed by atoms with Gasteiger partial charge < -0.3 is 14.9 Å². The largest absolute Gasteiger partial charge is 0.480 e. The Labute approximate surface area is 103 Å². The minimum atomic E-state index is -1.21. The number of aliphatic carboxylic acids is 1. The van der Waals surface area contributed by atoms with Crippen molar-refractivity contribution < 1.29 is 14.7 Å². The molecule has 2 amide bonds. The third kappa shape index (κ3) is 3.35. The van der Waals surface area contributed by atoms with Crippen molar-refractivity contribution in [2.75, 3.05) is 14.1 Å². The van der Waals surface area contributed by atoms with E-state index in [2.05, 4.69) is 0 Å². The van der Waals surface area contributed by atoms with E-state index in [0.29, 0.717) is 5.92 Å². The first-order valence-corrected chi connectivity index (χ1v) is 5.77. The van der Waals surface area contributed by atoms with Crippen molar-refractivity contribution in [2.24, 2.45) is 5.92 Å². The molecule has 0 radical (unpaired) electrons. The number of likely N-dealkylation sites (N-methyl/N-ethyl adjacent to an activating group) is 1. The van der Waals surface area contributed by atoms with Gasteiger partial charge in [-0.15, -0.1) is 0 Å². The molecule has 0 heterocycles. The Hall–Kier alpha value is -1.26. The Morgan fingerprint density at radius 1 is 1.12 bits per heavy atom. The lowest BCUT2D eigenvalue weighted by atomic mass is 10.0. The number of rotatable bonds is 4. The molecule has 1 unspecified atom stereocenters. The Bertz CT molecular complexity index is 300. The molecular formula is C12H24N2O3. The second-order valence-electron chi connectivity index (χ2n) is 5.30. The fourth-order valence-corrected chi connectivity index (χ4v) is 1.24. The summed E-state index contributed by atoms with van der Waals surface area (Å²) < 4.78 is 0. The molecule has 1 N–H and O–H groups in total. The normalized spacial score (nSPS) is 13.4. The van der Waals surface area contributed by atoms with Crippen molar-refractivity contribution in [1.29, 1.82) is 0 Å². The SMILES string of the molecule is CC(C)C(C)N(C)C(=O)N(C)C(C)(C)C(=O)O. The first kappa shape index (κ1) is 15.7. The predicted octanol–water partition coefficient (Wildman–Crippen LogP) is 1.88. The molecule has 17 heavy (non-hydrogen) atoms. The number of urea groups is 1. The van der Waals surface area contributed by atoms with Crippen LogP contribution >= 0.6 is 0 Å². The number of carbonyl (C=O) groups excluding carboxylic acids is 1. The average molecular weight is 244 g/mol. The quantitative estimate of drug-likeness (QED) is 0.821. The smallest absolute Gasteiger partial charge is 0.329 e. The summed E-state index contributed by atoms with van der Waals surface area (Å²) in [5.41, 5.74) is -1.21. The number of hydrogen-bond acceptors (Lipinski definition) is 2. The van der Waals surface area contributed by atoms with E-state index in [1.165, 1.54) is 25.8 Å². The van der Waals surface area contributed by atoms with Crippen LogP contribution in [0.15, 0.2) is 0 Å². The third-order valence-corrected chi connectivity index (χ3v) is 3.53. The topological polar surface area (TPSA) is 60.9 Å². The van der Waals surface area contributed by atoms with E-state index in [0.717, 1.165) is 0 Å². The average Bonchev–Trinajstić information content (AvgIpc) is 2.24. The summed E-state index contributed by atoms with van der Waals surface area (Å²) in [6, 6.07) is -0.215. The Morgan fingerprint density at radius 3 is 1.82 bits per heavy atom. The van der Waals surface area contributed by atoms with Gasteiger partial charge in [-0.25, -0.2) is 9.59 Å². The van der Waals surface area contributed by atoms with E-state index >= 15 is 0 Å². The second-order valence-corrected chi connectivity index (χ2v) is 5.30. The van der Waals surface area contributed by atoms with Crippen molar-refractivity contribution in [1.82, 2.24) is 9.80 Å². The maximum Gasteiger partial charge on any atom is 0.329 e. The molecular weight excluding hydrogens is 220 g/mol. The summed E-state index contributed by atoms with van der Waals surface area (Å²) in [5.74, 6) is -0.691. The molecule has 0 spiro atoms. The number of hydrogen-bond donors (Lipinski definition) is 1. The molecule has 0 aromatic heterocycles. The molecule has 0 bridgehead atoms. The van der Waals surface area contributed by atoms with Crippen LogP contribution in [0.5, 0.6) is 0 Å². The van der Waals surface area contributed by atoms with Crippen LogP contribution in [0.4, 0.5) is 4.79 Å². The Morgan fingerprint density at radius 2 is 1.53 bits per heavy atom. The molecule has 0 aliphatic heterocycles. The molecule has 0 aromatic carbocycles. The molecule has 0 saturated heterocycles. The molecule has 0 aromatic rings. The summed E-state index contributed by atoms with van der Waals surface area (Å²) in [5, 5.41) is 9.08. The van der Waals surface area contributed by atoms with Gasteiger partial charge in [-0.05, 0) is 26.7 Å². The third-order valence-electron chi connectivity index (χ3n) is 3.53. The zero-order valence-corrected chi connectivity index (χ0v) is 11.8. The first-order valence-electron chi connectivity index (χ1n) is 5.77. The highest BCUT2D eigenvalue weighted by molar-refractivity contribution is 5.85. The number of amides is 2. The highest BCUT2D eigenvalue weighted by Crippen LogP contribution is 2.17. The van der Waals surface area contributed by atoms with E-state index in [4.69, 9.17) is 5.11 Å². The van der Waals surface area contributed by atoms with Gasteiger partial charge in [0, 0.05) is 20.1 Å². The van der Waals surface area contributed by atoms with Crippen molar-refractivity contribution in [3.8, 4) is 0 Å². The Balaban J connectivity index is 4.89. The van der Waals surface area contributed by atoms with Gasteiger partial charge in [0.05, 0.1) is 0 Å². The highest BCUT2D eigenvalue weighted by atomic mass is 16.4. The van der Waals surface area contributed by atoms with E-state index in [9.17, 15) is 9.59 Å². The van der Waals surface area contributed by atoms with Crippen LogP contribution in [0.3, 0.4) is 0 Å². The second kappa shape index (κ2) is 5.38. The monoisotopic (exact) mass is 244 g/mol. The Kier molecular flexibility index (Phi) is 4.98. The molecule has 1 atom stereocenters. The van der Waals surface area contributed by atoms with Crippen LogP contribution in [0.2, 0.25) is 0 Å². The maximum atomic E-state index is 12.1. The molecule has 0 aliphatic rings. The van der Waals surface area contributed by atoms with Crippen LogP contribution in [0.1, 0.15) is 34.6 Å². The lowest BCUT2D eigenvalue weighted by Gasteiger charge is -2.37. The van der Waals surface area contributed by atoms with Gasteiger partial charge in [0.2, 0.25) is 0 Å². The van der Waals surface area contributed by atoms with Crippen molar-refractivity contribution >= 4 is 12.0 Å². The molecule has 0 saturated carbocycles. The molecule has 100 valence electrons. The van der Waals surface area contributed by atoms with Gasteiger partial charge in [0.25, 0.3) is 0 Å². The molecule has 5 nitrogen and oxygen atoms in total. The van der Waals surface area contributed by atoms with Crippen LogP contribution in [0, 0.1) is 5.92 Å². The molecule has 0 rings (SSSR count). The summed E-state index contributed by atoms with van der Waals surface area (Å²) in [4.78, 5) is 26.0. The van der Waals surface area contributed by atoms with Gasteiger partial charge in [-0.1, -0.05) is 13.8 Å². The van der Waals surface area contributed by atoms with E-state index in [-0.39, 0.29) is 12.1 Å². The van der Waals surface area contributed by atoms with E-state index in [1.54, 1.807) is 11.9 Å². The van der Waals surface area contributed by atoms with Gasteiger partial charge in [-0.3, -0.25) is 0 Å². The van der Waals surface area contributed by atoms with Crippen molar-refractivity contribution in [3.63, 3.8) is 0 Å². The zero-order chi connectivity index (χ0) is 14.0. The lowest BCUT2D eigenvalue weighted by molar-refractivity contribution is -0.147. The van der Waals surface area contributed by atoms with Gasteiger partial charge in [0.15, 0.2) is 0 Å². The highest BCUT2D eigenvalue weighted by Gasteiger charge is 2.37. The maximum absolute atomic E-state index is 12.1. The van der Waals surface area contributed by atoms with E-state index < -0.39 is 11.5 Å². The fraction of sp³-hybridized carbons (Fsp3) is 0.833. The minimum Gasteiger partial charge on any atom is -0.480 e. The standard InChI is InChI=1S/C12H24N2O3/c1-8(2)9(3)13(6)11(17)14(7)12(4,5)10(15)16/h8-9H,1-7H3,(H,15,16). The minimum absolute atomic E-state index is 0.0644. The number of nitrogens with zero attached hydrogens (tertiary/aromatic N) is 2. The fourth-order valence-electron chi connectivity index (χ4n) is 1.24. The van der Waals surface area contributed by atoms with Gasteiger partial charge >= 0.3 is 12.0 Å².